The largest absolute Gasteiger partial charge is 0.506 e. The Labute approximate surface area is 131 Å². The molecular weight excluding hydrogens is 276 g/mol. The van der Waals surface area contributed by atoms with Crippen molar-refractivity contribution in [2.45, 2.75) is 33.1 Å². The van der Waals surface area contributed by atoms with Gasteiger partial charge in [0, 0.05) is 5.69 Å². The van der Waals surface area contributed by atoms with Gasteiger partial charge in [-0.2, -0.15) is 0 Å². The first-order chi connectivity index (χ1) is 10.3. The lowest BCUT2D eigenvalue weighted by Gasteiger charge is -2.19. The Kier molecular flexibility index (Phi) is 4.40. The highest BCUT2D eigenvalue weighted by Crippen LogP contribution is 2.25. The van der Waals surface area contributed by atoms with Crippen molar-refractivity contribution in [3.8, 4) is 5.75 Å². The van der Waals surface area contributed by atoms with Gasteiger partial charge in [0.25, 0.3) is 0 Å². The van der Waals surface area contributed by atoms with Crippen molar-refractivity contribution in [3.05, 3.63) is 53.6 Å². The third-order valence-electron chi connectivity index (χ3n) is 3.41. The van der Waals surface area contributed by atoms with Crippen LogP contribution in [-0.4, -0.2) is 11.1 Å². The Hall–Kier alpha value is -2.49. The van der Waals surface area contributed by atoms with Gasteiger partial charge in [0.05, 0.1) is 5.69 Å². The maximum Gasteiger partial charge on any atom is 0.323 e. The fraction of sp³-hybridized carbons (Fsp3) is 0.278. The second kappa shape index (κ2) is 6.10. The number of phenols is 1. The zero-order valence-electron chi connectivity index (χ0n) is 13.4. The molecule has 2 aromatic rings. The van der Waals surface area contributed by atoms with Crippen LogP contribution >= 0.6 is 0 Å². The average Bonchev–Trinajstić information content (AvgIpc) is 2.42. The predicted molar refractivity (Wildman–Crippen MR) is 90.6 cm³/mol. The van der Waals surface area contributed by atoms with Crippen molar-refractivity contribution in [1.29, 1.82) is 0 Å². The van der Waals surface area contributed by atoms with Crippen LogP contribution in [0.1, 0.15) is 31.9 Å². The number of hydrogen-bond donors (Lipinski definition) is 3. The number of amides is 2. The topological polar surface area (TPSA) is 61.4 Å². The van der Waals surface area contributed by atoms with E-state index in [4.69, 9.17) is 0 Å². The first kappa shape index (κ1) is 15.9. The third kappa shape index (κ3) is 4.01. The number of urea groups is 1. The van der Waals surface area contributed by atoms with E-state index in [-0.39, 0.29) is 17.2 Å². The molecule has 22 heavy (non-hydrogen) atoms. The minimum Gasteiger partial charge on any atom is -0.506 e. The molecule has 0 saturated heterocycles. The van der Waals surface area contributed by atoms with Crippen molar-refractivity contribution < 1.29 is 9.90 Å². The van der Waals surface area contributed by atoms with E-state index >= 15 is 0 Å². The van der Waals surface area contributed by atoms with Gasteiger partial charge in [-0.25, -0.2) is 4.79 Å². The Morgan fingerprint density at radius 3 is 2.23 bits per heavy atom. The lowest BCUT2D eigenvalue weighted by molar-refractivity contribution is 0.262. The van der Waals surface area contributed by atoms with Gasteiger partial charge in [0.1, 0.15) is 5.75 Å². The minimum atomic E-state index is -0.385. The van der Waals surface area contributed by atoms with Crippen LogP contribution in [0.5, 0.6) is 5.75 Å². The molecule has 4 heteroatoms. The molecule has 116 valence electrons. The first-order valence-corrected chi connectivity index (χ1v) is 7.24. The van der Waals surface area contributed by atoms with Crippen molar-refractivity contribution in [2.75, 3.05) is 10.6 Å². The van der Waals surface area contributed by atoms with Gasteiger partial charge in [0.2, 0.25) is 0 Å². The summed E-state index contributed by atoms with van der Waals surface area (Å²) in [4.78, 5) is 12.0. The summed E-state index contributed by atoms with van der Waals surface area (Å²) >= 11 is 0. The van der Waals surface area contributed by atoms with E-state index in [0.717, 1.165) is 5.56 Å². The van der Waals surface area contributed by atoms with Crippen LogP contribution in [0.2, 0.25) is 0 Å². The van der Waals surface area contributed by atoms with E-state index in [9.17, 15) is 9.90 Å². The smallest absolute Gasteiger partial charge is 0.323 e. The average molecular weight is 298 g/mol. The quantitative estimate of drug-likeness (QED) is 0.707. The number of hydrogen-bond acceptors (Lipinski definition) is 2. The zero-order chi connectivity index (χ0) is 16.3. The molecule has 0 heterocycles. The second-order valence-electron chi connectivity index (χ2n) is 6.43. The lowest BCUT2D eigenvalue weighted by atomic mass is 9.87. The fourth-order valence-electron chi connectivity index (χ4n) is 2.09. The number of anilines is 2. The molecule has 2 rings (SSSR count). The molecule has 3 N–H and O–H groups in total. The monoisotopic (exact) mass is 298 g/mol. The zero-order valence-corrected chi connectivity index (χ0v) is 13.4. The molecule has 0 spiro atoms. The first-order valence-electron chi connectivity index (χ1n) is 7.24. The molecule has 2 amide bonds. The molecule has 0 atom stereocenters. The summed E-state index contributed by atoms with van der Waals surface area (Å²) in [6.07, 6.45) is 0. The standard InChI is InChI=1S/C18H22N2O2/c1-12-5-10-16(21)15(11-12)20-17(22)19-14-8-6-13(7-9-14)18(2,3)4/h5-11,21H,1-4H3,(H2,19,20,22). The molecule has 0 aliphatic heterocycles. The van der Waals surface area contributed by atoms with Gasteiger partial charge in [0.15, 0.2) is 0 Å². The van der Waals surface area contributed by atoms with Crippen LogP contribution < -0.4 is 10.6 Å². The Bertz CT molecular complexity index is 670. The number of aromatic hydroxyl groups is 1. The highest BCUT2D eigenvalue weighted by atomic mass is 16.3. The Morgan fingerprint density at radius 2 is 1.64 bits per heavy atom. The van der Waals surface area contributed by atoms with Crippen molar-refractivity contribution in [2.24, 2.45) is 0 Å². The van der Waals surface area contributed by atoms with Crippen LogP contribution in [-0.2, 0) is 5.41 Å². The maximum absolute atomic E-state index is 12.0. The SMILES string of the molecule is Cc1ccc(O)c(NC(=O)Nc2ccc(C(C)(C)C)cc2)c1. The second-order valence-corrected chi connectivity index (χ2v) is 6.43. The molecule has 0 radical (unpaired) electrons. The summed E-state index contributed by atoms with van der Waals surface area (Å²) in [6.45, 7) is 8.32. The van der Waals surface area contributed by atoms with E-state index in [1.165, 1.54) is 5.56 Å². The molecular formula is C18H22N2O2. The van der Waals surface area contributed by atoms with Gasteiger partial charge in [-0.15, -0.1) is 0 Å². The molecule has 2 aromatic carbocycles. The highest BCUT2D eigenvalue weighted by Gasteiger charge is 2.13. The number of phenolic OH excluding ortho intramolecular Hbond substituents is 1. The Morgan fingerprint density at radius 1 is 1.00 bits per heavy atom. The van der Waals surface area contributed by atoms with E-state index in [2.05, 4.69) is 31.4 Å². The van der Waals surface area contributed by atoms with E-state index in [0.29, 0.717) is 11.4 Å². The molecule has 0 unspecified atom stereocenters. The minimum absolute atomic E-state index is 0.0452. The number of benzene rings is 2. The molecule has 0 aromatic heterocycles. The molecule has 0 aliphatic rings. The van der Waals surface area contributed by atoms with E-state index in [1.807, 2.05) is 31.2 Å². The third-order valence-corrected chi connectivity index (χ3v) is 3.41. The molecule has 0 bridgehead atoms. The predicted octanol–water partition coefficient (Wildman–Crippen LogP) is 4.64. The maximum atomic E-state index is 12.0. The highest BCUT2D eigenvalue weighted by molar-refractivity contribution is 6.00. The number of nitrogens with one attached hydrogen (secondary N) is 2. The number of carbonyl (C=O) groups is 1. The Balaban J connectivity index is 2.04. The van der Waals surface area contributed by atoms with Gasteiger partial charge in [-0.1, -0.05) is 39.0 Å². The molecule has 0 fully saturated rings. The summed E-state index contributed by atoms with van der Waals surface area (Å²) in [5.41, 5.74) is 3.34. The summed E-state index contributed by atoms with van der Waals surface area (Å²) in [5, 5.41) is 15.1. The van der Waals surface area contributed by atoms with Crippen LogP contribution in [0, 0.1) is 6.92 Å². The fourth-order valence-corrected chi connectivity index (χ4v) is 2.09. The van der Waals surface area contributed by atoms with Crippen LogP contribution in [0.3, 0.4) is 0 Å². The van der Waals surface area contributed by atoms with Crippen molar-refractivity contribution in [1.82, 2.24) is 0 Å². The summed E-state index contributed by atoms with van der Waals surface area (Å²) in [6, 6.07) is 12.4. The molecule has 4 nitrogen and oxygen atoms in total. The molecule has 0 aliphatic carbocycles. The van der Waals surface area contributed by atoms with Crippen LogP contribution in [0.15, 0.2) is 42.5 Å². The van der Waals surface area contributed by atoms with Crippen LogP contribution in [0.4, 0.5) is 16.2 Å². The van der Waals surface area contributed by atoms with Gasteiger partial charge < -0.3 is 15.7 Å². The van der Waals surface area contributed by atoms with E-state index in [1.54, 1.807) is 18.2 Å². The summed E-state index contributed by atoms with van der Waals surface area (Å²) in [5.74, 6) is 0.0452. The van der Waals surface area contributed by atoms with Gasteiger partial charge >= 0.3 is 6.03 Å². The van der Waals surface area contributed by atoms with Crippen LogP contribution in [0.25, 0.3) is 0 Å². The van der Waals surface area contributed by atoms with Crippen molar-refractivity contribution >= 4 is 17.4 Å². The molecule has 0 saturated carbocycles. The summed E-state index contributed by atoms with van der Waals surface area (Å²) in [7, 11) is 0. The number of rotatable bonds is 2. The lowest BCUT2D eigenvalue weighted by Crippen LogP contribution is -2.19. The van der Waals surface area contributed by atoms with Gasteiger partial charge in [-0.3, -0.25) is 0 Å². The number of aryl methyl sites for hydroxylation is 1. The van der Waals surface area contributed by atoms with Crippen molar-refractivity contribution in [3.63, 3.8) is 0 Å². The van der Waals surface area contributed by atoms with E-state index < -0.39 is 0 Å². The normalized spacial score (nSPS) is 11.1. The summed E-state index contributed by atoms with van der Waals surface area (Å²) < 4.78 is 0. The number of carbonyl (C=O) groups excluding carboxylic acids is 1. The van der Waals surface area contributed by atoms with Gasteiger partial charge in [-0.05, 0) is 47.7 Å².